The Balaban J connectivity index is 1.88. The maximum atomic E-state index is 11.2. The fraction of sp³-hybridized carbons (Fsp3) is 0.462. The second-order valence-electron chi connectivity index (χ2n) is 3.97. The molecule has 1 N–H and O–H groups in total. The Hall–Kier alpha value is -1.40. The molecule has 0 aromatic heterocycles. The van der Waals surface area contributed by atoms with Crippen molar-refractivity contribution in [2.75, 3.05) is 19.8 Å². The summed E-state index contributed by atoms with van der Waals surface area (Å²) in [5, 5.41) is 3.35. The smallest absolute Gasteiger partial charge is 0.330 e. The van der Waals surface area contributed by atoms with Crippen molar-refractivity contribution in [3.8, 4) is 0 Å². The molecule has 0 aliphatic carbocycles. The Morgan fingerprint density at radius 2 is 2.32 bits per heavy atom. The second kappa shape index (κ2) is 6.68. The molecule has 1 unspecified atom stereocenters. The van der Waals surface area contributed by atoms with Crippen molar-refractivity contribution in [1.29, 1.82) is 0 Å². The lowest BCUT2D eigenvalue weighted by atomic mass is 10.4. The molecule has 0 radical (unpaired) electrons. The molecule has 104 valence electrons. The number of carbonyl (C=O) groups excluding carboxylic acids is 1. The number of thioether (sulfide) groups is 1. The summed E-state index contributed by atoms with van der Waals surface area (Å²) in [5.41, 5.74) is 1.24. The molecule has 2 rings (SSSR count). The zero-order valence-corrected chi connectivity index (χ0v) is 11.9. The summed E-state index contributed by atoms with van der Waals surface area (Å²) in [6, 6.07) is 0. The first-order valence-electron chi connectivity index (χ1n) is 6.28. The van der Waals surface area contributed by atoms with E-state index in [1.165, 1.54) is 6.08 Å². The maximum Gasteiger partial charge on any atom is 0.330 e. The molecule has 19 heavy (non-hydrogen) atoms. The van der Waals surface area contributed by atoms with E-state index in [9.17, 15) is 4.79 Å². The Bertz CT molecular complexity index is 432. The fourth-order valence-corrected chi connectivity index (χ4v) is 2.77. The number of nitrogens with one attached hydrogen (secondary N) is 1. The van der Waals surface area contributed by atoms with Crippen LogP contribution in [-0.4, -0.2) is 36.2 Å². The highest BCUT2D eigenvalue weighted by Gasteiger charge is 2.28. The van der Waals surface area contributed by atoms with E-state index in [2.05, 4.69) is 10.2 Å². The lowest BCUT2D eigenvalue weighted by molar-refractivity contribution is -0.137. The molecule has 0 saturated heterocycles. The summed E-state index contributed by atoms with van der Waals surface area (Å²) in [7, 11) is 0. The third-order valence-electron chi connectivity index (χ3n) is 2.54. The van der Waals surface area contributed by atoms with E-state index in [1.54, 1.807) is 24.8 Å². The maximum absolute atomic E-state index is 11.2. The molecule has 2 aliphatic heterocycles. The van der Waals surface area contributed by atoms with Gasteiger partial charge in [0.1, 0.15) is 0 Å². The van der Waals surface area contributed by atoms with Crippen LogP contribution in [0.5, 0.6) is 0 Å². The molecule has 5 nitrogen and oxygen atoms in total. The van der Waals surface area contributed by atoms with Crippen molar-refractivity contribution in [3.63, 3.8) is 0 Å². The number of ether oxygens (including phenoxy) is 2. The average Bonchev–Trinajstić information content (AvgIpc) is 2.91. The van der Waals surface area contributed by atoms with Crippen LogP contribution in [0.2, 0.25) is 0 Å². The van der Waals surface area contributed by atoms with Gasteiger partial charge in [-0.25, -0.2) is 4.79 Å². The predicted molar refractivity (Wildman–Crippen MR) is 74.8 cm³/mol. The van der Waals surface area contributed by atoms with Crippen LogP contribution in [0.1, 0.15) is 13.8 Å². The van der Waals surface area contributed by atoms with Gasteiger partial charge in [-0.1, -0.05) is 11.8 Å². The van der Waals surface area contributed by atoms with Gasteiger partial charge in [-0.05, 0) is 19.9 Å². The van der Waals surface area contributed by atoms with Crippen molar-refractivity contribution < 1.29 is 14.3 Å². The van der Waals surface area contributed by atoms with Crippen molar-refractivity contribution in [3.05, 3.63) is 35.2 Å². The molecule has 0 aromatic carbocycles. The van der Waals surface area contributed by atoms with Crippen LogP contribution >= 0.6 is 11.8 Å². The minimum absolute atomic E-state index is 0.164. The van der Waals surface area contributed by atoms with Crippen LogP contribution in [0.3, 0.4) is 0 Å². The van der Waals surface area contributed by atoms with Gasteiger partial charge in [-0.3, -0.25) is 0 Å². The molecule has 2 aliphatic rings. The van der Waals surface area contributed by atoms with Crippen LogP contribution in [0, 0.1) is 0 Å². The van der Waals surface area contributed by atoms with Gasteiger partial charge >= 0.3 is 5.97 Å². The monoisotopic (exact) mass is 282 g/mol. The number of hydrogen-bond acceptors (Lipinski definition) is 6. The molecule has 0 amide bonds. The van der Waals surface area contributed by atoms with E-state index in [-0.39, 0.29) is 11.5 Å². The number of allylic oxidation sites excluding steroid dienone is 1. The Morgan fingerprint density at radius 1 is 1.47 bits per heavy atom. The van der Waals surface area contributed by atoms with Crippen molar-refractivity contribution in [1.82, 2.24) is 10.2 Å². The number of carbonyl (C=O) groups is 1. The second-order valence-corrected chi connectivity index (χ2v) is 5.12. The Morgan fingerprint density at radius 3 is 3.00 bits per heavy atom. The highest BCUT2D eigenvalue weighted by Crippen LogP contribution is 2.35. The lowest BCUT2D eigenvalue weighted by Gasteiger charge is -2.13. The summed E-state index contributed by atoms with van der Waals surface area (Å²) < 4.78 is 10.2. The highest BCUT2D eigenvalue weighted by molar-refractivity contribution is 8.04. The van der Waals surface area contributed by atoms with Crippen molar-refractivity contribution in [2.45, 2.75) is 19.3 Å². The standard InChI is InChI=1S/C13H18N2O3S/c1-3-17-9-10-7-15-8-11(19-13(15)14-10)5-6-12(16)18-4-2/h5-8,13-14H,3-4,9H2,1-2H3/b6-5+. The lowest BCUT2D eigenvalue weighted by Crippen LogP contribution is -2.27. The van der Waals surface area contributed by atoms with Crippen LogP contribution in [0.15, 0.2) is 35.2 Å². The normalized spacial score (nSPS) is 21.2. The van der Waals surface area contributed by atoms with E-state index < -0.39 is 0 Å². The Kier molecular flexibility index (Phi) is 4.93. The van der Waals surface area contributed by atoms with Crippen molar-refractivity contribution >= 4 is 17.7 Å². The number of fused-ring (bicyclic) bond motifs is 1. The summed E-state index contributed by atoms with van der Waals surface area (Å²) in [6.07, 6.45) is 7.25. The van der Waals surface area contributed by atoms with Gasteiger partial charge in [0.15, 0.2) is 5.50 Å². The largest absolute Gasteiger partial charge is 0.463 e. The first-order valence-corrected chi connectivity index (χ1v) is 7.16. The molecular formula is C13H18N2O3S. The van der Waals surface area contributed by atoms with E-state index in [0.29, 0.717) is 19.8 Å². The highest BCUT2D eigenvalue weighted by atomic mass is 32.2. The van der Waals surface area contributed by atoms with Gasteiger partial charge in [0.05, 0.1) is 18.9 Å². The average molecular weight is 282 g/mol. The first-order chi connectivity index (χ1) is 9.22. The molecule has 0 bridgehead atoms. The van der Waals surface area contributed by atoms with E-state index in [0.717, 1.165) is 10.6 Å². The molecule has 1 atom stereocenters. The van der Waals surface area contributed by atoms with E-state index in [4.69, 9.17) is 9.47 Å². The summed E-state index contributed by atoms with van der Waals surface area (Å²) in [4.78, 5) is 14.3. The molecular weight excluding hydrogens is 264 g/mol. The quantitative estimate of drug-likeness (QED) is 0.592. The number of rotatable bonds is 6. The van der Waals surface area contributed by atoms with Crippen LogP contribution < -0.4 is 5.32 Å². The van der Waals surface area contributed by atoms with Crippen molar-refractivity contribution in [2.24, 2.45) is 0 Å². The minimum Gasteiger partial charge on any atom is -0.463 e. The van der Waals surface area contributed by atoms with Gasteiger partial charge in [0.25, 0.3) is 0 Å². The van der Waals surface area contributed by atoms with Gasteiger partial charge in [0.2, 0.25) is 0 Å². The van der Waals surface area contributed by atoms with Gasteiger partial charge in [0, 0.05) is 30.0 Å². The van der Waals surface area contributed by atoms with E-state index in [1.807, 2.05) is 19.3 Å². The summed E-state index contributed by atoms with van der Waals surface area (Å²) in [5.74, 6) is -0.309. The van der Waals surface area contributed by atoms with Crippen LogP contribution in [-0.2, 0) is 14.3 Å². The van der Waals surface area contributed by atoms with E-state index >= 15 is 0 Å². The zero-order valence-electron chi connectivity index (χ0n) is 11.1. The molecule has 2 heterocycles. The van der Waals surface area contributed by atoms with Gasteiger partial charge < -0.3 is 19.7 Å². The topological polar surface area (TPSA) is 50.8 Å². The first kappa shape index (κ1) is 14.0. The molecule has 0 aromatic rings. The molecule has 0 saturated carbocycles. The van der Waals surface area contributed by atoms with Gasteiger partial charge in [-0.2, -0.15) is 0 Å². The van der Waals surface area contributed by atoms with Crippen LogP contribution in [0.4, 0.5) is 0 Å². The fourth-order valence-electron chi connectivity index (χ4n) is 1.73. The Labute approximate surface area is 117 Å². The summed E-state index contributed by atoms with van der Waals surface area (Å²) >= 11 is 1.65. The van der Waals surface area contributed by atoms with Gasteiger partial charge in [-0.15, -0.1) is 0 Å². The summed E-state index contributed by atoms with van der Waals surface area (Å²) in [6.45, 7) is 5.48. The molecule has 0 spiro atoms. The zero-order chi connectivity index (χ0) is 13.7. The number of nitrogens with zero attached hydrogens (tertiary/aromatic N) is 1. The third kappa shape index (κ3) is 3.78. The molecule has 0 fully saturated rings. The van der Waals surface area contributed by atoms with Crippen LogP contribution in [0.25, 0.3) is 0 Å². The predicted octanol–water partition coefficient (Wildman–Crippen LogP) is 1.76. The third-order valence-corrected chi connectivity index (χ3v) is 3.64. The minimum atomic E-state index is -0.309. The number of hydrogen-bond donors (Lipinski definition) is 1. The molecule has 6 heteroatoms. The number of esters is 1. The SMILES string of the molecule is CCOCC1=CN2C=C(/C=C/C(=O)OCC)SC2N1.